The Labute approximate surface area is 128 Å². The predicted octanol–water partition coefficient (Wildman–Crippen LogP) is 3.03. The van der Waals surface area contributed by atoms with E-state index in [0.717, 1.165) is 30.9 Å². The van der Waals surface area contributed by atoms with Crippen molar-refractivity contribution in [3.05, 3.63) is 54.0 Å². The summed E-state index contributed by atoms with van der Waals surface area (Å²) in [5.41, 5.74) is 1.54. The first-order chi connectivity index (χ1) is 10.8. The van der Waals surface area contributed by atoms with E-state index in [9.17, 15) is 4.79 Å². The maximum absolute atomic E-state index is 12.9. The van der Waals surface area contributed by atoms with E-state index >= 15 is 0 Å². The Morgan fingerprint density at radius 3 is 2.91 bits per heavy atom. The van der Waals surface area contributed by atoms with Crippen LogP contribution in [-0.4, -0.2) is 30.1 Å². The van der Waals surface area contributed by atoms with Crippen LogP contribution in [0, 0.1) is 0 Å². The second kappa shape index (κ2) is 5.50. The number of benzene rings is 1. The molecule has 3 heterocycles. The maximum Gasteiger partial charge on any atom is 0.258 e. The Morgan fingerprint density at radius 1 is 1.23 bits per heavy atom. The molecule has 1 N–H and O–H groups in total. The van der Waals surface area contributed by atoms with Gasteiger partial charge in [0, 0.05) is 18.8 Å². The Bertz CT molecular complexity index is 662. The van der Waals surface area contributed by atoms with Gasteiger partial charge < -0.3 is 19.4 Å². The van der Waals surface area contributed by atoms with Crippen molar-refractivity contribution in [1.82, 2.24) is 4.90 Å². The average molecular weight is 298 g/mol. The Kier molecular flexibility index (Phi) is 3.35. The molecule has 2 aromatic rings. The molecule has 114 valence electrons. The van der Waals surface area contributed by atoms with E-state index in [-0.39, 0.29) is 18.2 Å². The van der Waals surface area contributed by atoms with Crippen molar-refractivity contribution in [3.8, 4) is 0 Å². The number of carbonyl (C=O) groups is 1. The van der Waals surface area contributed by atoms with Gasteiger partial charge in [-0.05, 0) is 37.1 Å². The van der Waals surface area contributed by atoms with Gasteiger partial charge >= 0.3 is 0 Å². The van der Waals surface area contributed by atoms with E-state index in [4.69, 9.17) is 9.15 Å². The minimum absolute atomic E-state index is 0.0197. The SMILES string of the molecule is O=C1c2ccccc2N[C@@H](c2ccco2)N1C[C@H]1CCCO1. The molecule has 0 unspecified atom stereocenters. The lowest BCUT2D eigenvalue weighted by atomic mass is 10.1. The molecule has 1 saturated heterocycles. The summed E-state index contributed by atoms with van der Waals surface area (Å²) in [6.45, 7) is 1.35. The molecule has 0 spiro atoms. The van der Waals surface area contributed by atoms with Gasteiger partial charge in [-0.3, -0.25) is 4.79 Å². The lowest BCUT2D eigenvalue weighted by Crippen LogP contribution is -2.46. The minimum Gasteiger partial charge on any atom is -0.465 e. The second-order valence-corrected chi connectivity index (χ2v) is 5.70. The van der Waals surface area contributed by atoms with Crippen molar-refractivity contribution in [2.75, 3.05) is 18.5 Å². The van der Waals surface area contributed by atoms with E-state index in [0.29, 0.717) is 12.1 Å². The number of amides is 1. The number of carbonyl (C=O) groups excluding carboxylic acids is 1. The summed E-state index contributed by atoms with van der Waals surface area (Å²) >= 11 is 0. The van der Waals surface area contributed by atoms with Gasteiger partial charge in [-0.2, -0.15) is 0 Å². The molecule has 0 radical (unpaired) electrons. The number of ether oxygens (including phenoxy) is 1. The monoisotopic (exact) mass is 298 g/mol. The number of nitrogens with zero attached hydrogens (tertiary/aromatic N) is 1. The van der Waals surface area contributed by atoms with Gasteiger partial charge in [0.25, 0.3) is 5.91 Å². The molecule has 1 amide bonds. The minimum atomic E-state index is -0.290. The molecule has 5 heteroatoms. The van der Waals surface area contributed by atoms with Gasteiger partial charge in [0.15, 0.2) is 6.17 Å². The van der Waals surface area contributed by atoms with Gasteiger partial charge in [-0.15, -0.1) is 0 Å². The standard InChI is InChI=1S/C17H18N2O3/c20-17-13-6-1-2-7-14(13)18-16(15-8-4-10-22-15)19(17)11-12-5-3-9-21-12/h1-2,4,6-8,10,12,16,18H,3,5,9,11H2/t12-,16-/m1/s1. The fourth-order valence-corrected chi connectivity index (χ4v) is 3.16. The molecular formula is C17H18N2O3. The van der Waals surface area contributed by atoms with Gasteiger partial charge in [-0.1, -0.05) is 12.1 Å². The molecule has 1 fully saturated rings. The third-order valence-electron chi connectivity index (χ3n) is 4.26. The zero-order valence-electron chi connectivity index (χ0n) is 12.2. The first kappa shape index (κ1) is 13.4. The molecule has 2 aliphatic rings. The van der Waals surface area contributed by atoms with Gasteiger partial charge in [-0.25, -0.2) is 0 Å². The maximum atomic E-state index is 12.9. The summed E-state index contributed by atoms with van der Waals surface area (Å²) in [5, 5.41) is 3.41. The molecule has 2 atom stereocenters. The highest BCUT2D eigenvalue weighted by atomic mass is 16.5. The molecule has 1 aromatic carbocycles. The quantitative estimate of drug-likeness (QED) is 0.946. The van der Waals surface area contributed by atoms with Crippen molar-refractivity contribution in [2.45, 2.75) is 25.1 Å². The van der Waals surface area contributed by atoms with Crippen LogP contribution in [0.3, 0.4) is 0 Å². The normalized spacial score (nSPS) is 24.2. The zero-order chi connectivity index (χ0) is 14.9. The summed E-state index contributed by atoms with van der Waals surface area (Å²) in [4.78, 5) is 14.7. The van der Waals surface area contributed by atoms with Crippen LogP contribution in [-0.2, 0) is 4.74 Å². The lowest BCUT2D eigenvalue weighted by Gasteiger charge is -2.37. The molecular weight excluding hydrogens is 280 g/mol. The summed E-state index contributed by atoms with van der Waals surface area (Å²) in [5.74, 6) is 0.757. The van der Waals surface area contributed by atoms with Crippen molar-refractivity contribution < 1.29 is 13.9 Å². The van der Waals surface area contributed by atoms with Crippen molar-refractivity contribution >= 4 is 11.6 Å². The Hall–Kier alpha value is -2.27. The first-order valence-electron chi connectivity index (χ1n) is 7.64. The third-order valence-corrected chi connectivity index (χ3v) is 4.26. The number of anilines is 1. The average Bonchev–Trinajstić information content (AvgIpc) is 3.23. The summed E-state index contributed by atoms with van der Waals surface area (Å²) in [7, 11) is 0. The van der Waals surface area contributed by atoms with Gasteiger partial charge in [0.2, 0.25) is 0 Å². The van der Waals surface area contributed by atoms with Crippen LogP contribution in [0.15, 0.2) is 47.1 Å². The highest BCUT2D eigenvalue weighted by Crippen LogP contribution is 2.34. The number of nitrogens with one attached hydrogen (secondary N) is 1. The van der Waals surface area contributed by atoms with Crippen LogP contribution in [0.1, 0.15) is 35.1 Å². The first-order valence-corrected chi connectivity index (χ1v) is 7.64. The van der Waals surface area contributed by atoms with E-state index in [1.165, 1.54) is 0 Å². The molecule has 22 heavy (non-hydrogen) atoms. The van der Waals surface area contributed by atoms with Crippen LogP contribution >= 0.6 is 0 Å². The molecule has 5 nitrogen and oxygen atoms in total. The van der Waals surface area contributed by atoms with E-state index in [1.807, 2.05) is 41.3 Å². The summed E-state index contributed by atoms with van der Waals surface area (Å²) in [6, 6.07) is 11.3. The van der Waals surface area contributed by atoms with Crippen molar-refractivity contribution in [1.29, 1.82) is 0 Å². The molecule has 0 bridgehead atoms. The fourth-order valence-electron chi connectivity index (χ4n) is 3.16. The van der Waals surface area contributed by atoms with Gasteiger partial charge in [0.05, 0.1) is 17.9 Å². The third kappa shape index (κ3) is 2.27. The largest absolute Gasteiger partial charge is 0.465 e. The number of rotatable bonds is 3. The van der Waals surface area contributed by atoms with Crippen LogP contribution < -0.4 is 5.32 Å². The Morgan fingerprint density at radius 2 is 2.14 bits per heavy atom. The van der Waals surface area contributed by atoms with E-state index in [1.54, 1.807) is 6.26 Å². The van der Waals surface area contributed by atoms with E-state index in [2.05, 4.69) is 5.32 Å². The van der Waals surface area contributed by atoms with Crippen LogP contribution in [0.25, 0.3) is 0 Å². The second-order valence-electron chi connectivity index (χ2n) is 5.70. The topological polar surface area (TPSA) is 54.7 Å². The number of fused-ring (bicyclic) bond motifs is 1. The fraction of sp³-hybridized carbons (Fsp3) is 0.353. The van der Waals surface area contributed by atoms with Crippen molar-refractivity contribution in [3.63, 3.8) is 0 Å². The summed E-state index contributed by atoms with van der Waals surface area (Å²) in [6.07, 6.45) is 3.50. The van der Waals surface area contributed by atoms with Crippen LogP contribution in [0.5, 0.6) is 0 Å². The smallest absolute Gasteiger partial charge is 0.258 e. The highest BCUT2D eigenvalue weighted by Gasteiger charge is 2.36. The van der Waals surface area contributed by atoms with Crippen LogP contribution in [0.4, 0.5) is 5.69 Å². The Balaban J connectivity index is 1.69. The van der Waals surface area contributed by atoms with Crippen LogP contribution in [0.2, 0.25) is 0 Å². The van der Waals surface area contributed by atoms with Crippen molar-refractivity contribution in [2.24, 2.45) is 0 Å². The summed E-state index contributed by atoms with van der Waals surface area (Å²) < 4.78 is 11.2. The zero-order valence-corrected chi connectivity index (χ0v) is 12.2. The van der Waals surface area contributed by atoms with Gasteiger partial charge in [0.1, 0.15) is 5.76 Å². The number of para-hydroxylation sites is 1. The highest BCUT2D eigenvalue weighted by molar-refractivity contribution is 6.01. The molecule has 4 rings (SSSR count). The number of hydrogen-bond acceptors (Lipinski definition) is 4. The number of furan rings is 1. The van der Waals surface area contributed by atoms with E-state index < -0.39 is 0 Å². The molecule has 2 aliphatic heterocycles. The molecule has 0 saturated carbocycles. The lowest BCUT2D eigenvalue weighted by molar-refractivity contribution is 0.0402. The molecule has 0 aliphatic carbocycles. The number of hydrogen-bond donors (Lipinski definition) is 1. The molecule has 1 aromatic heterocycles. The predicted molar refractivity (Wildman–Crippen MR) is 81.5 cm³/mol.